The normalized spacial score (nSPS) is 22.9. The molecule has 3 heteroatoms. The molecule has 1 aliphatic heterocycles. The van der Waals surface area contributed by atoms with Crippen molar-refractivity contribution in [1.29, 1.82) is 0 Å². The van der Waals surface area contributed by atoms with Crippen LogP contribution in [-0.2, 0) is 0 Å². The molecule has 2 heterocycles. The minimum Gasteiger partial charge on any atom is -0.384 e. The van der Waals surface area contributed by atoms with Gasteiger partial charge in [0, 0.05) is 11.7 Å². The van der Waals surface area contributed by atoms with E-state index in [9.17, 15) is 0 Å². The molecule has 1 aromatic rings. The van der Waals surface area contributed by atoms with Crippen molar-refractivity contribution in [2.24, 2.45) is 0 Å². The number of hydrogen-bond donors (Lipinski definition) is 1. The molecule has 0 bridgehead atoms. The van der Waals surface area contributed by atoms with Crippen LogP contribution in [0.5, 0.6) is 0 Å². The van der Waals surface area contributed by atoms with E-state index in [4.69, 9.17) is 5.73 Å². The van der Waals surface area contributed by atoms with Crippen molar-refractivity contribution in [2.45, 2.75) is 25.8 Å². The quantitative estimate of drug-likeness (QED) is 0.735. The largest absolute Gasteiger partial charge is 0.384 e. The molecule has 1 fully saturated rings. The van der Waals surface area contributed by atoms with Crippen LogP contribution in [0.2, 0.25) is 0 Å². The Morgan fingerprint density at radius 3 is 2.86 bits per heavy atom. The van der Waals surface area contributed by atoms with Gasteiger partial charge < -0.3 is 5.73 Å². The van der Waals surface area contributed by atoms with Gasteiger partial charge in [-0.05, 0) is 45.0 Å². The lowest BCUT2D eigenvalue weighted by molar-refractivity contribution is 0.316. The second-order valence-electron chi connectivity index (χ2n) is 4.05. The van der Waals surface area contributed by atoms with Gasteiger partial charge in [-0.3, -0.25) is 4.90 Å². The zero-order valence-electron chi connectivity index (χ0n) is 8.83. The molecule has 0 unspecified atom stereocenters. The number of nitrogen functional groups attached to an aromatic ring is 1. The van der Waals surface area contributed by atoms with Crippen LogP contribution in [0.25, 0.3) is 0 Å². The van der Waals surface area contributed by atoms with Crippen LogP contribution >= 0.6 is 0 Å². The fraction of sp³-hybridized carbons (Fsp3) is 0.545. The van der Waals surface area contributed by atoms with Gasteiger partial charge in [-0.2, -0.15) is 0 Å². The van der Waals surface area contributed by atoms with Crippen LogP contribution in [0.4, 0.5) is 5.82 Å². The zero-order chi connectivity index (χ0) is 10.1. The number of likely N-dealkylation sites (tertiary alicyclic amines) is 1. The summed E-state index contributed by atoms with van der Waals surface area (Å²) < 4.78 is 0. The van der Waals surface area contributed by atoms with Crippen LogP contribution in [0.15, 0.2) is 12.1 Å². The van der Waals surface area contributed by atoms with Crippen LogP contribution in [0.3, 0.4) is 0 Å². The summed E-state index contributed by atoms with van der Waals surface area (Å²) in [5.41, 5.74) is 8.04. The number of nitrogens with zero attached hydrogens (tertiary/aromatic N) is 2. The van der Waals surface area contributed by atoms with Gasteiger partial charge in [-0.25, -0.2) is 4.98 Å². The highest BCUT2D eigenvalue weighted by molar-refractivity contribution is 5.35. The van der Waals surface area contributed by atoms with E-state index in [1.165, 1.54) is 24.9 Å². The second-order valence-corrected chi connectivity index (χ2v) is 4.05. The second kappa shape index (κ2) is 3.58. The summed E-state index contributed by atoms with van der Waals surface area (Å²) in [6.07, 6.45) is 2.52. The zero-order valence-corrected chi connectivity index (χ0v) is 8.83. The van der Waals surface area contributed by atoms with Gasteiger partial charge >= 0.3 is 0 Å². The van der Waals surface area contributed by atoms with Crippen LogP contribution < -0.4 is 5.73 Å². The first-order chi connectivity index (χ1) is 6.68. The Labute approximate surface area is 84.9 Å². The maximum atomic E-state index is 5.64. The van der Waals surface area contributed by atoms with Crippen molar-refractivity contribution < 1.29 is 0 Å². The monoisotopic (exact) mass is 191 g/mol. The van der Waals surface area contributed by atoms with E-state index in [1.54, 1.807) is 0 Å². The summed E-state index contributed by atoms with van der Waals surface area (Å²) in [5.74, 6) is 0.617. The highest BCUT2D eigenvalue weighted by atomic mass is 15.1. The lowest BCUT2D eigenvalue weighted by atomic mass is 10.0. The van der Waals surface area contributed by atoms with Gasteiger partial charge in [-0.1, -0.05) is 6.07 Å². The van der Waals surface area contributed by atoms with Crippen LogP contribution in [0.1, 0.15) is 30.1 Å². The average Bonchev–Trinajstić information content (AvgIpc) is 2.52. The Kier molecular flexibility index (Phi) is 2.42. The molecule has 0 radical (unpaired) electrons. The Bertz CT molecular complexity index is 335. The minimum absolute atomic E-state index is 0.545. The molecule has 0 spiro atoms. The minimum atomic E-state index is 0.545. The maximum Gasteiger partial charge on any atom is 0.123 e. The third kappa shape index (κ3) is 1.60. The Hall–Kier alpha value is -1.09. The highest BCUT2D eigenvalue weighted by Crippen LogP contribution is 2.31. The number of rotatable bonds is 1. The van der Waals surface area contributed by atoms with Gasteiger partial charge in [0.2, 0.25) is 0 Å². The number of aryl methyl sites for hydroxylation is 1. The topological polar surface area (TPSA) is 42.1 Å². The maximum absolute atomic E-state index is 5.64. The van der Waals surface area contributed by atoms with E-state index >= 15 is 0 Å². The first-order valence-electron chi connectivity index (χ1n) is 5.12. The summed E-state index contributed by atoms with van der Waals surface area (Å²) in [4.78, 5) is 6.69. The molecular weight excluding hydrogens is 174 g/mol. The molecule has 76 valence electrons. The summed E-state index contributed by atoms with van der Waals surface area (Å²) in [6, 6.07) is 4.56. The molecule has 3 nitrogen and oxygen atoms in total. The third-order valence-electron chi connectivity index (χ3n) is 3.03. The lowest BCUT2D eigenvalue weighted by Crippen LogP contribution is -2.18. The summed E-state index contributed by atoms with van der Waals surface area (Å²) >= 11 is 0. The molecule has 2 rings (SSSR count). The molecule has 1 aromatic heterocycles. The van der Waals surface area contributed by atoms with Gasteiger partial charge in [0.1, 0.15) is 5.82 Å². The number of pyridine rings is 1. The van der Waals surface area contributed by atoms with Crippen LogP contribution in [-0.4, -0.2) is 23.5 Å². The molecule has 0 amide bonds. The first kappa shape index (κ1) is 9.46. The van der Waals surface area contributed by atoms with Crippen molar-refractivity contribution >= 4 is 5.82 Å². The van der Waals surface area contributed by atoms with Gasteiger partial charge in [-0.15, -0.1) is 0 Å². The van der Waals surface area contributed by atoms with Crippen molar-refractivity contribution in [3.8, 4) is 0 Å². The first-order valence-corrected chi connectivity index (χ1v) is 5.12. The lowest BCUT2D eigenvalue weighted by Gasteiger charge is -2.21. The summed E-state index contributed by atoms with van der Waals surface area (Å²) in [7, 11) is 2.17. The Balaban J connectivity index is 2.31. The number of hydrogen-bond acceptors (Lipinski definition) is 3. The Morgan fingerprint density at radius 2 is 2.29 bits per heavy atom. The molecular formula is C11H17N3. The van der Waals surface area contributed by atoms with Crippen molar-refractivity contribution in [3.63, 3.8) is 0 Å². The third-order valence-corrected chi connectivity index (χ3v) is 3.03. The highest BCUT2D eigenvalue weighted by Gasteiger charge is 2.24. The standard InChI is InChI=1S/C11H17N3/c1-8-9(5-6-11(12)13-8)10-4-3-7-14(10)2/h5-6,10H,3-4,7H2,1-2H3,(H2,12,13)/t10-/m0/s1. The van der Waals surface area contributed by atoms with E-state index in [2.05, 4.69) is 23.0 Å². The van der Waals surface area contributed by atoms with Gasteiger partial charge in [0.15, 0.2) is 0 Å². The molecule has 0 aliphatic carbocycles. The smallest absolute Gasteiger partial charge is 0.123 e. The van der Waals surface area contributed by atoms with E-state index in [0.717, 1.165) is 5.69 Å². The van der Waals surface area contributed by atoms with Crippen molar-refractivity contribution in [2.75, 3.05) is 19.3 Å². The van der Waals surface area contributed by atoms with Crippen molar-refractivity contribution in [3.05, 3.63) is 23.4 Å². The Morgan fingerprint density at radius 1 is 1.50 bits per heavy atom. The fourth-order valence-corrected chi connectivity index (χ4v) is 2.25. The van der Waals surface area contributed by atoms with Crippen LogP contribution in [0, 0.1) is 6.92 Å². The van der Waals surface area contributed by atoms with Crippen molar-refractivity contribution in [1.82, 2.24) is 9.88 Å². The van der Waals surface area contributed by atoms with Gasteiger partial charge in [0.25, 0.3) is 0 Å². The van der Waals surface area contributed by atoms with Gasteiger partial charge in [0.05, 0.1) is 0 Å². The van der Waals surface area contributed by atoms with E-state index < -0.39 is 0 Å². The molecule has 0 aromatic carbocycles. The molecule has 2 N–H and O–H groups in total. The fourth-order valence-electron chi connectivity index (χ4n) is 2.25. The molecule has 1 aliphatic rings. The predicted molar refractivity (Wildman–Crippen MR) is 58.0 cm³/mol. The molecule has 0 saturated carbocycles. The van der Waals surface area contributed by atoms with E-state index in [1.807, 2.05) is 13.0 Å². The molecule has 1 atom stereocenters. The average molecular weight is 191 g/mol. The SMILES string of the molecule is Cc1nc(N)ccc1[C@@H]1CCCN1C. The molecule has 14 heavy (non-hydrogen) atoms. The number of anilines is 1. The summed E-state index contributed by atoms with van der Waals surface area (Å²) in [6.45, 7) is 3.23. The summed E-state index contributed by atoms with van der Waals surface area (Å²) in [5, 5.41) is 0. The predicted octanol–water partition coefficient (Wildman–Crippen LogP) is 1.74. The molecule has 1 saturated heterocycles. The van der Waals surface area contributed by atoms with E-state index in [-0.39, 0.29) is 0 Å². The van der Waals surface area contributed by atoms with E-state index in [0.29, 0.717) is 11.9 Å². The number of aromatic nitrogens is 1. The number of nitrogens with two attached hydrogens (primary N) is 1.